The van der Waals surface area contributed by atoms with Crippen molar-refractivity contribution in [1.29, 1.82) is 5.41 Å². The van der Waals surface area contributed by atoms with E-state index in [2.05, 4.69) is 10.3 Å². The predicted octanol–water partition coefficient (Wildman–Crippen LogP) is 3.50. The van der Waals surface area contributed by atoms with Crippen molar-refractivity contribution in [1.82, 2.24) is 4.98 Å². The number of aromatic nitrogens is 1. The first-order valence-electron chi connectivity index (χ1n) is 7.80. The molecule has 0 unspecified atom stereocenters. The van der Waals surface area contributed by atoms with E-state index in [1.165, 1.54) is 0 Å². The van der Waals surface area contributed by atoms with Gasteiger partial charge in [0, 0.05) is 22.8 Å². The van der Waals surface area contributed by atoms with Crippen molar-refractivity contribution in [2.45, 2.75) is 13.0 Å². The number of hydrogen-bond acceptors (Lipinski definition) is 4. The predicted molar refractivity (Wildman–Crippen MR) is 105 cm³/mol. The van der Waals surface area contributed by atoms with Gasteiger partial charge in [-0.15, -0.1) is 12.4 Å². The van der Waals surface area contributed by atoms with E-state index in [1.807, 2.05) is 30.3 Å². The fourth-order valence-corrected chi connectivity index (χ4v) is 2.45. The summed E-state index contributed by atoms with van der Waals surface area (Å²) < 4.78 is 5.83. The normalized spacial score (nSPS) is 10.0. The number of nitrogens with one attached hydrogen (secondary N) is 2. The number of amidine groups is 1. The molecule has 3 aromatic rings. The lowest BCUT2D eigenvalue weighted by molar-refractivity contribution is -0.115. The van der Waals surface area contributed by atoms with E-state index >= 15 is 0 Å². The number of para-hydroxylation sites is 1. The number of fused-ring (bicyclic) bond motifs is 1. The summed E-state index contributed by atoms with van der Waals surface area (Å²) in [7, 11) is 0. The van der Waals surface area contributed by atoms with Crippen LogP contribution in [0.5, 0.6) is 5.75 Å². The number of pyridine rings is 1. The van der Waals surface area contributed by atoms with Gasteiger partial charge in [0.05, 0.1) is 11.9 Å². The maximum atomic E-state index is 11.6. The molecule has 0 aliphatic carbocycles. The third-order valence-corrected chi connectivity index (χ3v) is 3.62. The Morgan fingerprint density at radius 1 is 1.12 bits per heavy atom. The molecule has 0 fully saturated rings. The second-order valence-corrected chi connectivity index (χ2v) is 5.55. The van der Waals surface area contributed by atoms with Crippen LogP contribution in [0.4, 0.5) is 5.69 Å². The van der Waals surface area contributed by atoms with Crippen LogP contribution < -0.4 is 15.8 Å². The molecule has 1 heterocycles. The Labute approximate surface area is 157 Å². The molecule has 1 amide bonds. The van der Waals surface area contributed by atoms with Crippen LogP contribution in [0.1, 0.15) is 12.0 Å². The summed E-state index contributed by atoms with van der Waals surface area (Å²) in [6, 6.07) is 16.9. The van der Waals surface area contributed by atoms with Crippen LogP contribution in [-0.2, 0) is 11.4 Å². The van der Waals surface area contributed by atoms with Gasteiger partial charge in [0.15, 0.2) is 0 Å². The lowest BCUT2D eigenvalue weighted by Gasteiger charge is -2.10. The number of nitrogens with zero attached hydrogens (tertiary/aromatic N) is 1. The monoisotopic (exact) mass is 370 g/mol. The third-order valence-electron chi connectivity index (χ3n) is 3.62. The van der Waals surface area contributed by atoms with Gasteiger partial charge in [-0.05, 0) is 36.4 Å². The number of nitrogens with two attached hydrogens (primary N) is 1. The Bertz CT molecular complexity index is 908. The molecule has 0 bridgehead atoms. The highest BCUT2D eigenvalue weighted by Crippen LogP contribution is 2.20. The number of halogens is 1. The lowest BCUT2D eigenvalue weighted by Crippen LogP contribution is -2.20. The first kappa shape index (κ1) is 19.2. The number of amides is 1. The summed E-state index contributed by atoms with van der Waals surface area (Å²) >= 11 is 0. The number of hydrogen-bond donors (Lipinski definition) is 3. The lowest BCUT2D eigenvalue weighted by atomic mass is 10.1. The Hall–Kier alpha value is -3.12. The molecule has 0 aliphatic heterocycles. The van der Waals surface area contributed by atoms with Crippen molar-refractivity contribution in [2.75, 3.05) is 5.32 Å². The van der Waals surface area contributed by atoms with E-state index in [9.17, 15) is 4.79 Å². The Kier molecular flexibility index (Phi) is 6.52. The summed E-state index contributed by atoms with van der Waals surface area (Å²) in [5.41, 5.74) is 7.83. The van der Waals surface area contributed by atoms with Crippen molar-refractivity contribution < 1.29 is 9.53 Å². The summed E-state index contributed by atoms with van der Waals surface area (Å²) in [5, 5.41) is 10.9. The smallest absolute Gasteiger partial charge is 0.231 e. The van der Waals surface area contributed by atoms with E-state index in [1.54, 1.807) is 30.5 Å². The van der Waals surface area contributed by atoms with Gasteiger partial charge in [-0.1, -0.05) is 18.2 Å². The topological polar surface area (TPSA) is 101 Å². The first-order chi connectivity index (χ1) is 12.1. The summed E-state index contributed by atoms with van der Waals surface area (Å²) in [6.45, 7) is 0.430. The summed E-state index contributed by atoms with van der Waals surface area (Å²) in [4.78, 5) is 15.9. The van der Waals surface area contributed by atoms with E-state index in [4.69, 9.17) is 15.9 Å². The molecule has 0 saturated carbocycles. The van der Waals surface area contributed by atoms with Gasteiger partial charge >= 0.3 is 0 Å². The number of rotatable bonds is 6. The van der Waals surface area contributed by atoms with Crippen LogP contribution in [0.25, 0.3) is 10.9 Å². The first-order valence-corrected chi connectivity index (χ1v) is 7.80. The number of carbonyl (C=O) groups excluding carboxylic acids is 1. The van der Waals surface area contributed by atoms with Crippen LogP contribution in [-0.4, -0.2) is 16.7 Å². The zero-order valence-corrected chi connectivity index (χ0v) is 14.8. The van der Waals surface area contributed by atoms with Gasteiger partial charge in [-0.3, -0.25) is 15.2 Å². The molecule has 0 radical (unpaired) electrons. The molecule has 0 saturated heterocycles. The highest BCUT2D eigenvalue weighted by Gasteiger charge is 2.05. The van der Waals surface area contributed by atoms with Gasteiger partial charge in [0.1, 0.15) is 18.2 Å². The van der Waals surface area contributed by atoms with Crippen molar-refractivity contribution in [3.05, 3.63) is 66.4 Å². The number of benzene rings is 2. The van der Waals surface area contributed by atoms with Gasteiger partial charge < -0.3 is 15.8 Å². The fourth-order valence-electron chi connectivity index (χ4n) is 2.45. The average molecular weight is 371 g/mol. The van der Waals surface area contributed by atoms with Gasteiger partial charge in [-0.25, -0.2) is 0 Å². The molecule has 26 heavy (non-hydrogen) atoms. The molecular weight excluding hydrogens is 352 g/mol. The van der Waals surface area contributed by atoms with Crippen molar-refractivity contribution >= 4 is 40.7 Å². The van der Waals surface area contributed by atoms with Gasteiger partial charge in [0.2, 0.25) is 5.91 Å². The van der Waals surface area contributed by atoms with E-state index in [-0.39, 0.29) is 30.6 Å². The van der Waals surface area contributed by atoms with E-state index in [0.717, 1.165) is 16.5 Å². The van der Waals surface area contributed by atoms with Crippen LogP contribution in [0.15, 0.2) is 60.8 Å². The Balaban J connectivity index is 0.00000243. The zero-order valence-electron chi connectivity index (χ0n) is 13.9. The minimum atomic E-state index is -0.315. The maximum absolute atomic E-state index is 11.6. The molecule has 2 aromatic carbocycles. The van der Waals surface area contributed by atoms with Gasteiger partial charge in [0.25, 0.3) is 0 Å². The van der Waals surface area contributed by atoms with E-state index in [0.29, 0.717) is 18.0 Å². The number of ether oxygens (including phenoxy) is 1. The molecule has 3 rings (SSSR count). The SMILES string of the molecule is Cl.N=C(N)CC(=O)Nc1ccc(OCc2ccnc3ccccc23)cc1. The summed E-state index contributed by atoms with van der Waals surface area (Å²) in [5.74, 6) is 0.219. The third kappa shape index (κ3) is 4.94. The zero-order chi connectivity index (χ0) is 17.6. The second kappa shape index (κ2) is 8.82. The minimum absolute atomic E-state index is 0. The Morgan fingerprint density at radius 2 is 1.85 bits per heavy atom. The molecule has 7 heteroatoms. The second-order valence-electron chi connectivity index (χ2n) is 5.55. The van der Waals surface area contributed by atoms with Gasteiger partial charge in [-0.2, -0.15) is 0 Å². The Morgan fingerprint density at radius 3 is 2.58 bits per heavy atom. The number of anilines is 1. The summed E-state index contributed by atoms with van der Waals surface area (Å²) in [6.07, 6.45) is 1.65. The van der Waals surface area contributed by atoms with Crippen LogP contribution in [0.2, 0.25) is 0 Å². The van der Waals surface area contributed by atoms with Crippen molar-refractivity contribution in [2.24, 2.45) is 5.73 Å². The molecule has 4 N–H and O–H groups in total. The minimum Gasteiger partial charge on any atom is -0.489 e. The highest BCUT2D eigenvalue weighted by atomic mass is 35.5. The standard InChI is InChI=1S/C19H18N4O2.ClH/c20-18(21)11-19(24)23-14-5-7-15(8-6-14)25-12-13-9-10-22-17-4-2-1-3-16(13)17;/h1-10H,11-12H2,(H3,20,21)(H,23,24);1H. The number of carbonyl (C=O) groups is 1. The largest absolute Gasteiger partial charge is 0.489 e. The maximum Gasteiger partial charge on any atom is 0.231 e. The fraction of sp³-hybridized carbons (Fsp3) is 0.105. The van der Waals surface area contributed by atoms with Crippen LogP contribution in [0, 0.1) is 5.41 Å². The quantitative estimate of drug-likeness (QED) is 0.456. The molecule has 0 atom stereocenters. The van der Waals surface area contributed by atoms with Crippen LogP contribution >= 0.6 is 12.4 Å². The molecule has 134 valence electrons. The van der Waals surface area contributed by atoms with Crippen LogP contribution in [0.3, 0.4) is 0 Å². The molecular formula is C19H19ClN4O2. The van der Waals surface area contributed by atoms with Crippen molar-refractivity contribution in [3.8, 4) is 5.75 Å². The molecule has 1 aromatic heterocycles. The van der Waals surface area contributed by atoms with Crippen molar-refractivity contribution in [3.63, 3.8) is 0 Å². The molecule has 0 spiro atoms. The highest BCUT2D eigenvalue weighted by molar-refractivity contribution is 6.03. The molecule has 6 nitrogen and oxygen atoms in total. The van der Waals surface area contributed by atoms with E-state index < -0.39 is 0 Å². The molecule has 0 aliphatic rings. The average Bonchev–Trinajstić information content (AvgIpc) is 2.60.